The molecule has 0 unspecified atom stereocenters. The molecular weight excluding hydrogens is 404 g/mol. The van der Waals surface area contributed by atoms with Crippen molar-refractivity contribution in [1.82, 2.24) is 0 Å². The monoisotopic (exact) mass is 424 g/mol. The van der Waals surface area contributed by atoms with E-state index in [1.54, 1.807) is 43.5 Å². The van der Waals surface area contributed by atoms with Gasteiger partial charge in [0.15, 0.2) is 0 Å². The number of ether oxygens (including phenoxy) is 2. The molecule has 7 nitrogen and oxygen atoms in total. The third kappa shape index (κ3) is 3.35. The SMILES string of the molecule is COc1cccc(CN2C(=O)N(c3cccc(OC)c3)S(=O)(=O)c3ccccc32)c1. The summed E-state index contributed by atoms with van der Waals surface area (Å²) in [5.41, 5.74) is 1.36. The van der Waals surface area contributed by atoms with Gasteiger partial charge in [-0.05, 0) is 42.0 Å². The first-order chi connectivity index (χ1) is 14.5. The normalized spacial score (nSPS) is 14.9. The summed E-state index contributed by atoms with van der Waals surface area (Å²) >= 11 is 0. The molecule has 0 fully saturated rings. The van der Waals surface area contributed by atoms with Crippen molar-refractivity contribution in [2.45, 2.75) is 11.4 Å². The predicted molar refractivity (Wildman–Crippen MR) is 114 cm³/mol. The van der Waals surface area contributed by atoms with Gasteiger partial charge < -0.3 is 9.47 Å². The Kier molecular flexibility index (Phi) is 5.09. The van der Waals surface area contributed by atoms with E-state index in [0.717, 1.165) is 9.87 Å². The van der Waals surface area contributed by atoms with Crippen molar-refractivity contribution in [3.63, 3.8) is 0 Å². The average molecular weight is 424 g/mol. The Balaban J connectivity index is 1.85. The summed E-state index contributed by atoms with van der Waals surface area (Å²) in [5.74, 6) is 1.11. The van der Waals surface area contributed by atoms with E-state index < -0.39 is 16.1 Å². The van der Waals surface area contributed by atoms with Crippen LogP contribution < -0.4 is 18.7 Å². The minimum Gasteiger partial charge on any atom is -0.497 e. The summed E-state index contributed by atoms with van der Waals surface area (Å²) < 4.78 is 38.0. The number of carbonyl (C=O) groups excluding carboxylic acids is 1. The molecule has 3 aromatic carbocycles. The molecule has 0 aliphatic carbocycles. The highest BCUT2D eigenvalue weighted by atomic mass is 32.2. The number of urea groups is 1. The van der Waals surface area contributed by atoms with E-state index in [1.165, 1.54) is 24.1 Å². The van der Waals surface area contributed by atoms with E-state index in [-0.39, 0.29) is 17.1 Å². The number of para-hydroxylation sites is 1. The van der Waals surface area contributed by atoms with E-state index in [9.17, 15) is 13.2 Å². The Bertz CT molecular complexity index is 1210. The number of carbonyl (C=O) groups is 1. The van der Waals surface area contributed by atoms with Gasteiger partial charge >= 0.3 is 6.03 Å². The smallest absolute Gasteiger partial charge is 0.343 e. The summed E-state index contributed by atoms with van der Waals surface area (Å²) in [4.78, 5) is 15.0. The number of anilines is 2. The van der Waals surface area contributed by atoms with E-state index in [1.807, 2.05) is 24.3 Å². The molecule has 0 saturated carbocycles. The second kappa shape index (κ2) is 7.72. The zero-order chi connectivity index (χ0) is 21.3. The number of benzene rings is 3. The molecular formula is C22H20N2O5S. The highest BCUT2D eigenvalue weighted by Gasteiger charge is 2.42. The van der Waals surface area contributed by atoms with Crippen molar-refractivity contribution in [2.24, 2.45) is 0 Å². The zero-order valence-corrected chi connectivity index (χ0v) is 17.3. The molecule has 0 radical (unpaired) electrons. The number of sulfonamides is 1. The molecule has 1 aliphatic rings. The van der Waals surface area contributed by atoms with Crippen LogP contribution >= 0.6 is 0 Å². The van der Waals surface area contributed by atoms with Crippen molar-refractivity contribution in [2.75, 3.05) is 23.4 Å². The van der Waals surface area contributed by atoms with Crippen molar-refractivity contribution in [3.8, 4) is 11.5 Å². The highest BCUT2D eigenvalue weighted by Crippen LogP contribution is 2.38. The number of methoxy groups -OCH3 is 2. The second-order valence-corrected chi connectivity index (χ2v) is 8.41. The standard InChI is InChI=1S/C22H20N2O5S/c1-28-18-9-5-7-16(13-18)15-23-20-11-3-4-12-21(20)30(26,27)24(22(23)25)17-8-6-10-19(14-17)29-2/h3-14H,15H2,1-2H3. The topological polar surface area (TPSA) is 76.2 Å². The molecule has 2 amide bonds. The van der Waals surface area contributed by atoms with Crippen LogP contribution in [0.5, 0.6) is 11.5 Å². The van der Waals surface area contributed by atoms with E-state index in [0.29, 0.717) is 17.2 Å². The minimum atomic E-state index is -4.09. The van der Waals surface area contributed by atoms with E-state index in [4.69, 9.17) is 9.47 Å². The van der Waals surface area contributed by atoms with Crippen LogP contribution in [0.1, 0.15) is 5.56 Å². The highest BCUT2D eigenvalue weighted by molar-refractivity contribution is 7.94. The first-order valence-corrected chi connectivity index (χ1v) is 10.6. The third-order valence-electron chi connectivity index (χ3n) is 4.84. The van der Waals surface area contributed by atoms with Crippen LogP contribution in [-0.4, -0.2) is 28.7 Å². The fourth-order valence-corrected chi connectivity index (χ4v) is 4.99. The van der Waals surface area contributed by atoms with Gasteiger partial charge in [-0.3, -0.25) is 4.90 Å². The Hall–Kier alpha value is -3.52. The summed E-state index contributed by atoms with van der Waals surface area (Å²) in [7, 11) is -1.04. The molecule has 154 valence electrons. The first-order valence-electron chi connectivity index (χ1n) is 9.18. The molecule has 0 spiro atoms. The van der Waals surface area contributed by atoms with Gasteiger partial charge in [0.25, 0.3) is 10.0 Å². The van der Waals surface area contributed by atoms with Gasteiger partial charge in [-0.15, -0.1) is 0 Å². The molecule has 1 heterocycles. The largest absolute Gasteiger partial charge is 0.497 e. The summed E-state index contributed by atoms with van der Waals surface area (Å²) in [6.45, 7) is 0.184. The Morgan fingerprint density at radius 3 is 2.23 bits per heavy atom. The summed E-state index contributed by atoms with van der Waals surface area (Å²) in [5, 5.41) is 0. The Morgan fingerprint density at radius 2 is 1.50 bits per heavy atom. The molecule has 0 atom stereocenters. The molecule has 30 heavy (non-hydrogen) atoms. The number of rotatable bonds is 5. The van der Waals surface area contributed by atoms with Crippen LogP contribution in [-0.2, 0) is 16.6 Å². The lowest BCUT2D eigenvalue weighted by atomic mass is 10.2. The fourth-order valence-electron chi connectivity index (χ4n) is 3.40. The third-order valence-corrected chi connectivity index (χ3v) is 6.59. The van der Waals surface area contributed by atoms with Gasteiger partial charge in [0.1, 0.15) is 16.4 Å². The number of amides is 2. The minimum absolute atomic E-state index is 0.0651. The molecule has 3 aromatic rings. The van der Waals surface area contributed by atoms with Crippen LogP contribution in [0, 0.1) is 0 Å². The summed E-state index contributed by atoms with van der Waals surface area (Å²) in [6, 6.07) is 19.5. The van der Waals surface area contributed by atoms with Crippen LogP contribution in [0.25, 0.3) is 0 Å². The Labute approximate surface area is 175 Å². The van der Waals surface area contributed by atoms with Crippen molar-refractivity contribution < 1.29 is 22.7 Å². The predicted octanol–water partition coefficient (Wildman–Crippen LogP) is 4.04. The lowest BCUT2D eigenvalue weighted by molar-refractivity contribution is 0.253. The molecule has 0 aromatic heterocycles. The fraction of sp³-hybridized carbons (Fsp3) is 0.136. The zero-order valence-electron chi connectivity index (χ0n) is 16.5. The van der Waals surface area contributed by atoms with Gasteiger partial charge in [-0.25, -0.2) is 13.2 Å². The van der Waals surface area contributed by atoms with Gasteiger partial charge in [0.05, 0.1) is 32.1 Å². The van der Waals surface area contributed by atoms with Gasteiger partial charge in [-0.2, -0.15) is 4.31 Å². The maximum Gasteiger partial charge on any atom is 0.343 e. The molecule has 4 rings (SSSR count). The quantitative estimate of drug-likeness (QED) is 0.618. The van der Waals surface area contributed by atoms with Gasteiger partial charge in [0.2, 0.25) is 0 Å². The number of nitrogens with zero attached hydrogens (tertiary/aromatic N) is 2. The van der Waals surface area contributed by atoms with Gasteiger partial charge in [0, 0.05) is 6.07 Å². The molecule has 1 aliphatic heterocycles. The number of fused-ring (bicyclic) bond motifs is 1. The molecule has 0 bridgehead atoms. The van der Waals surface area contributed by atoms with E-state index in [2.05, 4.69) is 0 Å². The Morgan fingerprint density at radius 1 is 0.833 bits per heavy atom. The molecule has 8 heteroatoms. The van der Waals surface area contributed by atoms with Gasteiger partial charge in [-0.1, -0.05) is 30.3 Å². The van der Waals surface area contributed by atoms with E-state index >= 15 is 0 Å². The van der Waals surface area contributed by atoms with Crippen molar-refractivity contribution >= 4 is 27.4 Å². The summed E-state index contributed by atoms with van der Waals surface area (Å²) in [6.07, 6.45) is 0. The maximum absolute atomic E-state index is 13.5. The number of hydrogen-bond acceptors (Lipinski definition) is 5. The molecule has 0 N–H and O–H groups in total. The lowest BCUT2D eigenvalue weighted by Crippen LogP contribution is -2.50. The average Bonchev–Trinajstić information content (AvgIpc) is 2.77. The lowest BCUT2D eigenvalue weighted by Gasteiger charge is -2.36. The van der Waals surface area contributed by atoms with Crippen LogP contribution in [0.3, 0.4) is 0 Å². The van der Waals surface area contributed by atoms with Crippen molar-refractivity contribution in [3.05, 3.63) is 78.4 Å². The van der Waals surface area contributed by atoms with Crippen LogP contribution in [0.2, 0.25) is 0 Å². The second-order valence-electron chi connectivity index (χ2n) is 6.66. The maximum atomic E-state index is 13.5. The molecule has 0 saturated heterocycles. The van der Waals surface area contributed by atoms with Crippen LogP contribution in [0.15, 0.2) is 77.7 Å². The van der Waals surface area contributed by atoms with Crippen molar-refractivity contribution in [1.29, 1.82) is 0 Å². The van der Waals surface area contributed by atoms with Crippen LogP contribution in [0.4, 0.5) is 16.2 Å². The first kappa shape index (κ1) is 19.8. The number of hydrogen-bond donors (Lipinski definition) is 0.